The van der Waals surface area contributed by atoms with Crippen LogP contribution in [0.25, 0.3) is 0 Å². The quantitative estimate of drug-likeness (QED) is 0.586. The molecule has 1 saturated heterocycles. The van der Waals surface area contributed by atoms with E-state index in [4.69, 9.17) is 0 Å². The number of hydrogen-bond acceptors (Lipinski definition) is 3. The highest BCUT2D eigenvalue weighted by molar-refractivity contribution is 6.07. The fourth-order valence-electron chi connectivity index (χ4n) is 2.97. The Morgan fingerprint density at radius 2 is 2.00 bits per heavy atom. The molecule has 2 N–H and O–H groups in total. The van der Waals surface area contributed by atoms with Crippen LogP contribution >= 0.6 is 0 Å². The van der Waals surface area contributed by atoms with Crippen LogP contribution in [0.15, 0.2) is 0 Å². The molecule has 1 saturated carbocycles. The minimum absolute atomic E-state index is 0.0114. The predicted octanol–water partition coefficient (Wildman–Crippen LogP) is 1.49. The molecular formula is C14H25N3O2. The summed E-state index contributed by atoms with van der Waals surface area (Å²) in [6.07, 6.45) is 4.68. The van der Waals surface area contributed by atoms with E-state index in [1.807, 2.05) is 0 Å². The summed E-state index contributed by atoms with van der Waals surface area (Å²) in [6.45, 7) is 6.38. The zero-order chi connectivity index (χ0) is 13.9. The molecule has 3 amide bonds. The molecule has 1 aliphatic heterocycles. The molecule has 0 bridgehead atoms. The van der Waals surface area contributed by atoms with E-state index in [1.165, 1.54) is 4.90 Å². The molecule has 108 valence electrons. The zero-order valence-corrected chi connectivity index (χ0v) is 12.0. The van der Waals surface area contributed by atoms with Gasteiger partial charge in [-0.3, -0.25) is 9.69 Å². The van der Waals surface area contributed by atoms with E-state index >= 15 is 0 Å². The van der Waals surface area contributed by atoms with Gasteiger partial charge in [-0.2, -0.15) is 0 Å². The maximum atomic E-state index is 12.5. The first-order valence-corrected chi connectivity index (χ1v) is 7.44. The SMILES string of the molecule is CCCNCCN1C(=O)NC2(CCC(C)CC2)C1=O. The topological polar surface area (TPSA) is 61.4 Å². The standard InChI is InChI=1S/C14H25N3O2/c1-3-8-15-9-10-17-12(18)14(16-13(17)19)6-4-11(2)5-7-14/h11,15H,3-10H2,1-2H3,(H,16,19). The Morgan fingerprint density at radius 3 is 2.63 bits per heavy atom. The summed E-state index contributed by atoms with van der Waals surface area (Å²) in [5.41, 5.74) is -0.589. The number of rotatable bonds is 5. The van der Waals surface area contributed by atoms with E-state index in [-0.39, 0.29) is 11.9 Å². The van der Waals surface area contributed by atoms with E-state index in [2.05, 4.69) is 24.5 Å². The smallest absolute Gasteiger partial charge is 0.323 e. The average molecular weight is 267 g/mol. The number of nitrogens with one attached hydrogen (secondary N) is 2. The second-order valence-electron chi connectivity index (χ2n) is 5.90. The van der Waals surface area contributed by atoms with Gasteiger partial charge in [0.25, 0.3) is 5.91 Å². The lowest BCUT2D eigenvalue weighted by molar-refractivity contribution is -0.132. The van der Waals surface area contributed by atoms with Gasteiger partial charge < -0.3 is 10.6 Å². The summed E-state index contributed by atoms with van der Waals surface area (Å²) in [5.74, 6) is 0.651. The van der Waals surface area contributed by atoms with E-state index in [9.17, 15) is 9.59 Å². The molecule has 19 heavy (non-hydrogen) atoms. The lowest BCUT2D eigenvalue weighted by atomic mass is 9.77. The van der Waals surface area contributed by atoms with Gasteiger partial charge in [-0.05, 0) is 44.6 Å². The lowest BCUT2D eigenvalue weighted by Gasteiger charge is -2.33. The molecule has 0 radical (unpaired) electrons. The monoisotopic (exact) mass is 267 g/mol. The summed E-state index contributed by atoms with van der Waals surface area (Å²) < 4.78 is 0. The van der Waals surface area contributed by atoms with Crippen molar-refractivity contribution >= 4 is 11.9 Å². The molecule has 5 nitrogen and oxygen atoms in total. The van der Waals surface area contributed by atoms with E-state index in [0.717, 1.165) is 38.6 Å². The number of nitrogens with zero attached hydrogens (tertiary/aromatic N) is 1. The molecule has 1 heterocycles. The van der Waals surface area contributed by atoms with Gasteiger partial charge in [0.2, 0.25) is 0 Å². The predicted molar refractivity (Wildman–Crippen MR) is 73.8 cm³/mol. The molecule has 2 aliphatic rings. The minimum Gasteiger partial charge on any atom is -0.323 e. The van der Waals surface area contributed by atoms with Crippen molar-refractivity contribution in [2.45, 2.75) is 51.5 Å². The number of amides is 3. The Morgan fingerprint density at radius 1 is 1.32 bits per heavy atom. The van der Waals surface area contributed by atoms with Crippen LogP contribution in [0.5, 0.6) is 0 Å². The average Bonchev–Trinajstić information content (AvgIpc) is 2.62. The highest BCUT2D eigenvalue weighted by atomic mass is 16.2. The maximum absolute atomic E-state index is 12.5. The Bertz CT molecular complexity index is 349. The summed E-state index contributed by atoms with van der Waals surface area (Å²) in [4.78, 5) is 25.8. The maximum Gasteiger partial charge on any atom is 0.325 e. The van der Waals surface area contributed by atoms with E-state index in [0.29, 0.717) is 19.0 Å². The number of carbonyl (C=O) groups excluding carboxylic acids is 2. The van der Waals surface area contributed by atoms with Crippen LogP contribution in [0, 0.1) is 5.92 Å². The van der Waals surface area contributed by atoms with Crippen molar-refractivity contribution in [1.82, 2.24) is 15.5 Å². The Kier molecular flexibility index (Phi) is 4.45. The van der Waals surface area contributed by atoms with Crippen LogP contribution in [-0.4, -0.2) is 42.0 Å². The van der Waals surface area contributed by atoms with Crippen LogP contribution in [0.2, 0.25) is 0 Å². The second-order valence-corrected chi connectivity index (χ2v) is 5.90. The first kappa shape index (κ1) is 14.3. The Hall–Kier alpha value is -1.10. The highest BCUT2D eigenvalue weighted by Crippen LogP contribution is 2.36. The third kappa shape index (κ3) is 2.91. The third-order valence-corrected chi connectivity index (χ3v) is 4.31. The first-order chi connectivity index (χ1) is 9.09. The Labute approximate surface area is 115 Å². The van der Waals surface area contributed by atoms with Crippen molar-refractivity contribution < 1.29 is 9.59 Å². The van der Waals surface area contributed by atoms with Crippen molar-refractivity contribution in [1.29, 1.82) is 0 Å². The minimum atomic E-state index is -0.589. The van der Waals surface area contributed by atoms with Crippen LogP contribution in [0.1, 0.15) is 46.0 Å². The number of imide groups is 1. The normalized spacial score (nSPS) is 31.1. The van der Waals surface area contributed by atoms with E-state index < -0.39 is 5.54 Å². The molecule has 1 spiro atoms. The van der Waals surface area contributed by atoms with Gasteiger partial charge in [0, 0.05) is 13.1 Å². The van der Waals surface area contributed by atoms with Gasteiger partial charge in [-0.15, -0.1) is 0 Å². The van der Waals surface area contributed by atoms with Gasteiger partial charge in [-0.1, -0.05) is 13.8 Å². The zero-order valence-electron chi connectivity index (χ0n) is 12.0. The van der Waals surface area contributed by atoms with Gasteiger partial charge >= 0.3 is 6.03 Å². The summed E-state index contributed by atoms with van der Waals surface area (Å²) in [5, 5.41) is 6.17. The fraction of sp³-hybridized carbons (Fsp3) is 0.857. The summed E-state index contributed by atoms with van der Waals surface area (Å²) in [7, 11) is 0. The van der Waals surface area contributed by atoms with Crippen molar-refractivity contribution in [3.63, 3.8) is 0 Å². The van der Waals surface area contributed by atoms with E-state index in [1.54, 1.807) is 0 Å². The lowest BCUT2D eigenvalue weighted by Crippen LogP contribution is -2.49. The Balaban J connectivity index is 1.92. The third-order valence-electron chi connectivity index (χ3n) is 4.31. The molecule has 0 aromatic heterocycles. The first-order valence-electron chi connectivity index (χ1n) is 7.44. The number of carbonyl (C=O) groups is 2. The molecule has 0 atom stereocenters. The molecular weight excluding hydrogens is 242 g/mol. The summed E-state index contributed by atoms with van der Waals surface area (Å²) in [6, 6.07) is -0.210. The second kappa shape index (κ2) is 5.90. The largest absolute Gasteiger partial charge is 0.325 e. The van der Waals surface area contributed by atoms with Gasteiger partial charge in [0.05, 0.1) is 0 Å². The van der Waals surface area contributed by atoms with Gasteiger partial charge in [-0.25, -0.2) is 4.79 Å². The van der Waals surface area contributed by atoms with Crippen LogP contribution in [0.3, 0.4) is 0 Å². The molecule has 0 unspecified atom stereocenters. The van der Waals surface area contributed by atoms with Crippen LogP contribution in [0.4, 0.5) is 4.79 Å². The van der Waals surface area contributed by atoms with Gasteiger partial charge in [0.15, 0.2) is 0 Å². The molecule has 2 rings (SSSR count). The van der Waals surface area contributed by atoms with Crippen molar-refractivity contribution in [3.05, 3.63) is 0 Å². The molecule has 0 aromatic rings. The van der Waals surface area contributed by atoms with Crippen molar-refractivity contribution in [2.24, 2.45) is 5.92 Å². The molecule has 2 fully saturated rings. The molecule has 1 aliphatic carbocycles. The van der Waals surface area contributed by atoms with Gasteiger partial charge in [0.1, 0.15) is 5.54 Å². The molecule has 5 heteroatoms. The number of hydrogen-bond donors (Lipinski definition) is 2. The molecule has 0 aromatic carbocycles. The summed E-state index contributed by atoms with van der Waals surface area (Å²) >= 11 is 0. The van der Waals surface area contributed by atoms with Crippen LogP contribution < -0.4 is 10.6 Å². The van der Waals surface area contributed by atoms with Crippen molar-refractivity contribution in [2.75, 3.05) is 19.6 Å². The fourth-order valence-corrected chi connectivity index (χ4v) is 2.97. The van der Waals surface area contributed by atoms with Crippen molar-refractivity contribution in [3.8, 4) is 0 Å². The number of urea groups is 1. The highest BCUT2D eigenvalue weighted by Gasteiger charge is 2.51. The van der Waals surface area contributed by atoms with Crippen LogP contribution in [-0.2, 0) is 4.79 Å².